The van der Waals surface area contributed by atoms with Crippen LogP contribution in [0, 0.1) is 5.92 Å². The van der Waals surface area contributed by atoms with Crippen molar-refractivity contribution in [2.75, 3.05) is 6.61 Å². The number of amides is 1. The molecule has 6 heteroatoms. The Balaban J connectivity index is 2.89. The molecule has 0 aliphatic heterocycles. The summed E-state index contributed by atoms with van der Waals surface area (Å²) in [6.45, 7) is 3.34. The molecule has 0 spiro atoms. The number of alkyl halides is 3. The maximum Gasteiger partial charge on any atom is 0.416 e. The molecule has 3 nitrogen and oxygen atoms in total. The van der Waals surface area contributed by atoms with Crippen LogP contribution in [-0.4, -0.2) is 23.7 Å². The molecule has 0 unspecified atom stereocenters. The quantitative estimate of drug-likeness (QED) is 0.886. The third-order valence-corrected chi connectivity index (χ3v) is 2.77. The van der Waals surface area contributed by atoms with E-state index in [4.69, 9.17) is 5.11 Å². The molecular formula is C13H16F3NO2. The smallest absolute Gasteiger partial charge is 0.394 e. The highest BCUT2D eigenvalue weighted by Crippen LogP contribution is 2.29. The zero-order valence-electron chi connectivity index (χ0n) is 10.7. The summed E-state index contributed by atoms with van der Waals surface area (Å²) in [4.78, 5) is 11.8. The Kier molecular flexibility index (Phi) is 4.94. The molecule has 2 N–H and O–H groups in total. The monoisotopic (exact) mass is 275 g/mol. The predicted molar refractivity (Wildman–Crippen MR) is 64.6 cm³/mol. The van der Waals surface area contributed by atoms with E-state index in [0.29, 0.717) is 0 Å². The van der Waals surface area contributed by atoms with Crippen LogP contribution in [0.2, 0.25) is 0 Å². The normalized spacial score (nSPS) is 13.4. The molecule has 0 aliphatic carbocycles. The van der Waals surface area contributed by atoms with E-state index in [9.17, 15) is 18.0 Å². The molecule has 0 bridgehead atoms. The number of benzene rings is 1. The lowest BCUT2D eigenvalue weighted by molar-refractivity contribution is -0.137. The van der Waals surface area contributed by atoms with Gasteiger partial charge >= 0.3 is 6.18 Å². The van der Waals surface area contributed by atoms with Gasteiger partial charge in [-0.1, -0.05) is 19.9 Å². The fourth-order valence-electron chi connectivity index (χ4n) is 1.51. The van der Waals surface area contributed by atoms with Crippen LogP contribution in [0.25, 0.3) is 0 Å². The molecule has 1 aromatic carbocycles. The Hall–Kier alpha value is -1.56. The Morgan fingerprint density at radius 3 is 2.47 bits per heavy atom. The molecule has 0 saturated carbocycles. The predicted octanol–water partition coefficient (Wildman–Crippen LogP) is 2.45. The van der Waals surface area contributed by atoms with E-state index in [1.807, 2.05) is 0 Å². The molecule has 0 radical (unpaired) electrons. The summed E-state index contributed by atoms with van der Waals surface area (Å²) in [6, 6.07) is 3.70. The first-order chi connectivity index (χ1) is 8.75. The molecule has 1 rings (SSSR count). The van der Waals surface area contributed by atoms with Crippen LogP contribution >= 0.6 is 0 Å². The summed E-state index contributed by atoms with van der Waals surface area (Å²) in [5.74, 6) is -0.640. The van der Waals surface area contributed by atoms with E-state index in [-0.39, 0.29) is 18.1 Å². The first kappa shape index (κ1) is 15.5. The number of carbonyl (C=O) groups is 1. The van der Waals surface area contributed by atoms with E-state index in [0.717, 1.165) is 12.1 Å². The third kappa shape index (κ3) is 4.24. The summed E-state index contributed by atoms with van der Waals surface area (Å²) < 4.78 is 37.5. The Labute approximate surface area is 109 Å². The fourth-order valence-corrected chi connectivity index (χ4v) is 1.51. The second-order valence-electron chi connectivity index (χ2n) is 4.59. The molecule has 0 aromatic heterocycles. The van der Waals surface area contributed by atoms with Gasteiger partial charge in [-0.25, -0.2) is 0 Å². The molecule has 0 heterocycles. The molecule has 1 amide bonds. The number of hydrogen-bond donors (Lipinski definition) is 2. The van der Waals surface area contributed by atoms with Gasteiger partial charge < -0.3 is 10.4 Å². The molecule has 0 aliphatic rings. The number of carbonyl (C=O) groups excluding carboxylic acids is 1. The van der Waals surface area contributed by atoms with Crippen molar-refractivity contribution in [1.82, 2.24) is 5.32 Å². The summed E-state index contributed by atoms with van der Waals surface area (Å²) >= 11 is 0. The number of nitrogens with one attached hydrogen (secondary N) is 1. The van der Waals surface area contributed by atoms with Gasteiger partial charge in [0.2, 0.25) is 0 Å². The second kappa shape index (κ2) is 6.06. The topological polar surface area (TPSA) is 49.3 Å². The second-order valence-corrected chi connectivity index (χ2v) is 4.59. The van der Waals surface area contributed by atoms with E-state index in [1.165, 1.54) is 12.1 Å². The first-order valence-electron chi connectivity index (χ1n) is 5.84. The van der Waals surface area contributed by atoms with Gasteiger partial charge in [-0.15, -0.1) is 0 Å². The maximum absolute atomic E-state index is 12.5. The highest BCUT2D eigenvalue weighted by molar-refractivity contribution is 5.94. The van der Waals surface area contributed by atoms with Crippen LogP contribution in [0.3, 0.4) is 0 Å². The minimum atomic E-state index is -4.48. The van der Waals surface area contributed by atoms with E-state index < -0.39 is 23.7 Å². The zero-order chi connectivity index (χ0) is 14.6. The van der Waals surface area contributed by atoms with Crippen LogP contribution in [0.15, 0.2) is 24.3 Å². The summed E-state index contributed by atoms with van der Waals surface area (Å²) in [7, 11) is 0. The fraction of sp³-hybridized carbons (Fsp3) is 0.462. The van der Waals surface area contributed by atoms with Gasteiger partial charge in [0.15, 0.2) is 0 Å². The van der Waals surface area contributed by atoms with Crippen molar-refractivity contribution in [3.63, 3.8) is 0 Å². The van der Waals surface area contributed by atoms with Crippen molar-refractivity contribution >= 4 is 5.91 Å². The van der Waals surface area contributed by atoms with Crippen molar-refractivity contribution in [3.8, 4) is 0 Å². The number of aliphatic hydroxyl groups is 1. The third-order valence-electron chi connectivity index (χ3n) is 2.77. The Morgan fingerprint density at radius 1 is 1.37 bits per heavy atom. The van der Waals surface area contributed by atoms with Crippen molar-refractivity contribution in [2.24, 2.45) is 5.92 Å². The minimum Gasteiger partial charge on any atom is -0.394 e. The van der Waals surface area contributed by atoms with Gasteiger partial charge in [0.05, 0.1) is 18.2 Å². The van der Waals surface area contributed by atoms with E-state index in [2.05, 4.69) is 5.32 Å². The highest BCUT2D eigenvalue weighted by Gasteiger charge is 2.31. The first-order valence-corrected chi connectivity index (χ1v) is 5.84. The van der Waals surface area contributed by atoms with Gasteiger partial charge in [0, 0.05) is 5.56 Å². The van der Waals surface area contributed by atoms with Gasteiger partial charge in [-0.2, -0.15) is 13.2 Å². The summed E-state index contributed by atoms with van der Waals surface area (Å²) in [5.41, 5.74) is -0.945. The Morgan fingerprint density at radius 2 is 2.00 bits per heavy atom. The van der Waals surface area contributed by atoms with Gasteiger partial charge in [-0.3, -0.25) is 4.79 Å². The van der Waals surface area contributed by atoms with Crippen LogP contribution in [0.1, 0.15) is 29.8 Å². The lowest BCUT2D eigenvalue weighted by Gasteiger charge is -2.20. The average Bonchev–Trinajstić information content (AvgIpc) is 2.34. The Bertz CT molecular complexity index is 444. The van der Waals surface area contributed by atoms with Crippen molar-refractivity contribution in [3.05, 3.63) is 35.4 Å². The molecule has 1 aromatic rings. The van der Waals surface area contributed by atoms with Gasteiger partial charge in [0.25, 0.3) is 5.91 Å². The minimum absolute atomic E-state index is 0.0141. The van der Waals surface area contributed by atoms with E-state index >= 15 is 0 Å². The lowest BCUT2D eigenvalue weighted by Crippen LogP contribution is -2.41. The SMILES string of the molecule is CC(C)[C@@H](CO)NC(=O)c1cccc(C(F)(F)F)c1. The van der Waals surface area contributed by atoms with Crippen LogP contribution < -0.4 is 5.32 Å². The summed E-state index contributed by atoms with van der Waals surface area (Å²) in [5, 5.41) is 11.6. The standard InChI is InChI=1S/C13H16F3NO2/c1-8(2)11(7-18)17-12(19)9-4-3-5-10(6-9)13(14,15)16/h3-6,8,11,18H,7H2,1-2H3,(H,17,19)/t11-/m1/s1. The zero-order valence-corrected chi connectivity index (χ0v) is 10.7. The maximum atomic E-state index is 12.5. The van der Waals surface area contributed by atoms with Crippen LogP contribution in [0.5, 0.6) is 0 Å². The molecule has 0 saturated heterocycles. The molecular weight excluding hydrogens is 259 g/mol. The van der Waals surface area contributed by atoms with Crippen LogP contribution in [0.4, 0.5) is 13.2 Å². The number of hydrogen-bond acceptors (Lipinski definition) is 2. The van der Waals surface area contributed by atoms with Gasteiger partial charge in [0.1, 0.15) is 0 Å². The van der Waals surface area contributed by atoms with Gasteiger partial charge in [-0.05, 0) is 24.1 Å². The molecule has 1 atom stereocenters. The largest absolute Gasteiger partial charge is 0.416 e. The van der Waals surface area contributed by atoms with Crippen molar-refractivity contribution < 1.29 is 23.1 Å². The van der Waals surface area contributed by atoms with Crippen molar-refractivity contribution in [2.45, 2.75) is 26.1 Å². The number of halogens is 3. The molecule has 106 valence electrons. The molecule has 0 fully saturated rings. The highest BCUT2D eigenvalue weighted by atomic mass is 19.4. The van der Waals surface area contributed by atoms with Crippen molar-refractivity contribution in [1.29, 1.82) is 0 Å². The average molecular weight is 275 g/mol. The number of rotatable bonds is 4. The van der Waals surface area contributed by atoms with Crippen LogP contribution in [-0.2, 0) is 6.18 Å². The molecule has 19 heavy (non-hydrogen) atoms. The van der Waals surface area contributed by atoms with E-state index in [1.54, 1.807) is 13.8 Å². The number of aliphatic hydroxyl groups excluding tert-OH is 1. The lowest BCUT2D eigenvalue weighted by atomic mass is 10.0. The summed E-state index contributed by atoms with van der Waals surface area (Å²) in [6.07, 6.45) is -4.48.